The summed E-state index contributed by atoms with van der Waals surface area (Å²) in [6, 6.07) is 2.33. The van der Waals surface area contributed by atoms with Gasteiger partial charge in [-0.3, -0.25) is 4.99 Å². The third-order valence-electron chi connectivity index (χ3n) is 1.53. The van der Waals surface area contributed by atoms with Gasteiger partial charge in [0.05, 0.1) is 0 Å². The molecule has 0 fully saturated rings. The summed E-state index contributed by atoms with van der Waals surface area (Å²) in [6.45, 7) is 6.12. The van der Waals surface area contributed by atoms with Crippen molar-refractivity contribution in [3.05, 3.63) is 21.9 Å². The molecule has 3 nitrogen and oxygen atoms in total. The molecule has 0 radical (unpaired) electrons. The molecule has 1 heterocycles. The lowest BCUT2D eigenvalue weighted by atomic mass is 10.3. The van der Waals surface area contributed by atoms with Crippen LogP contribution in [0, 0.1) is 6.92 Å². The Kier molecular flexibility index (Phi) is 3.45. The minimum absolute atomic E-state index is 0.256. The van der Waals surface area contributed by atoms with Gasteiger partial charge in [0.15, 0.2) is 0 Å². The number of hydrogen-bond donors (Lipinski definition) is 2. The van der Waals surface area contributed by atoms with Crippen LogP contribution >= 0.6 is 11.3 Å². The lowest BCUT2D eigenvalue weighted by Crippen LogP contribution is -2.31. The SMILES string of the molecule is Cc1cc(C(=NC(C)C)NN)cs1. The van der Waals surface area contributed by atoms with E-state index in [1.807, 2.05) is 13.8 Å². The average Bonchev–Trinajstić information content (AvgIpc) is 2.47. The van der Waals surface area contributed by atoms with Crippen molar-refractivity contribution >= 4 is 17.2 Å². The van der Waals surface area contributed by atoms with E-state index in [0.717, 1.165) is 11.4 Å². The molecular formula is C9H15N3S. The van der Waals surface area contributed by atoms with E-state index in [1.165, 1.54) is 4.88 Å². The molecule has 0 aromatic carbocycles. The molecule has 1 rings (SSSR count). The van der Waals surface area contributed by atoms with E-state index in [0.29, 0.717) is 0 Å². The highest BCUT2D eigenvalue weighted by Gasteiger charge is 2.03. The van der Waals surface area contributed by atoms with Gasteiger partial charge >= 0.3 is 0 Å². The second kappa shape index (κ2) is 4.39. The number of hydrogen-bond acceptors (Lipinski definition) is 3. The molecule has 0 unspecified atom stereocenters. The monoisotopic (exact) mass is 197 g/mol. The smallest absolute Gasteiger partial charge is 0.143 e. The molecule has 13 heavy (non-hydrogen) atoms. The van der Waals surface area contributed by atoms with Crippen molar-refractivity contribution in [3.63, 3.8) is 0 Å². The Morgan fingerprint density at radius 2 is 2.31 bits per heavy atom. The first-order chi connectivity index (χ1) is 6.13. The maximum absolute atomic E-state index is 5.39. The van der Waals surface area contributed by atoms with E-state index in [2.05, 4.69) is 28.8 Å². The largest absolute Gasteiger partial charge is 0.308 e. The van der Waals surface area contributed by atoms with Crippen LogP contribution in [0.3, 0.4) is 0 Å². The molecule has 0 aliphatic carbocycles. The van der Waals surface area contributed by atoms with Crippen LogP contribution in [0.15, 0.2) is 16.4 Å². The van der Waals surface area contributed by atoms with Crippen LogP contribution < -0.4 is 11.3 Å². The van der Waals surface area contributed by atoms with Crippen LogP contribution in [0.25, 0.3) is 0 Å². The molecule has 0 aliphatic rings. The second-order valence-corrected chi connectivity index (χ2v) is 4.28. The fraction of sp³-hybridized carbons (Fsp3) is 0.444. The van der Waals surface area contributed by atoms with Gasteiger partial charge in [-0.05, 0) is 26.8 Å². The fourth-order valence-corrected chi connectivity index (χ4v) is 1.71. The molecule has 0 bridgehead atoms. The summed E-state index contributed by atoms with van der Waals surface area (Å²) in [7, 11) is 0. The first kappa shape index (κ1) is 10.2. The van der Waals surface area contributed by atoms with Crippen molar-refractivity contribution in [2.75, 3.05) is 0 Å². The maximum atomic E-state index is 5.39. The Morgan fingerprint density at radius 1 is 1.62 bits per heavy atom. The summed E-state index contributed by atoms with van der Waals surface area (Å²) in [5, 5.41) is 2.05. The number of hydrazine groups is 1. The third-order valence-corrected chi connectivity index (χ3v) is 2.39. The molecular weight excluding hydrogens is 182 g/mol. The number of nitrogens with zero attached hydrogens (tertiary/aromatic N) is 1. The van der Waals surface area contributed by atoms with E-state index in [-0.39, 0.29) is 6.04 Å². The predicted molar refractivity (Wildman–Crippen MR) is 58.1 cm³/mol. The van der Waals surface area contributed by atoms with Gasteiger partial charge in [0.2, 0.25) is 0 Å². The van der Waals surface area contributed by atoms with Crippen LogP contribution in [0.5, 0.6) is 0 Å². The van der Waals surface area contributed by atoms with Crippen molar-refractivity contribution in [1.82, 2.24) is 5.43 Å². The van der Waals surface area contributed by atoms with Crippen molar-refractivity contribution in [2.24, 2.45) is 10.8 Å². The first-order valence-electron chi connectivity index (χ1n) is 4.23. The summed E-state index contributed by atoms with van der Waals surface area (Å²) in [4.78, 5) is 5.63. The Hall–Kier alpha value is -0.870. The zero-order chi connectivity index (χ0) is 9.84. The molecule has 1 aromatic rings. The van der Waals surface area contributed by atoms with Crippen molar-refractivity contribution in [3.8, 4) is 0 Å². The fourth-order valence-electron chi connectivity index (χ4n) is 1.02. The number of thiophene rings is 1. The minimum atomic E-state index is 0.256. The van der Waals surface area contributed by atoms with Crippen molar-refractivity contribution in [2.45, 2.75) is 26.8 Å². The highest BCUT2D eigenvalue weighted by molar-refractivity contribution is 7.10. The summed E-state index contributed by atoms with van der Waals surface area (Å²) in [5.41, 5.74) is 3.69. The van der Waals surface area contributed by atoms with Crippen molar-refractivity contribution < 1.29 is 0 Å². The quantitative estimate of drug-likeness (QED) is 0.328. The number of aryl methyl sites for hydroxylation is 1. The lowest BCUT2D eigenvalue weighted by Gasteiger charge is -2.04. The minimum Gasteiger partial charge on any atom is -0.308 e. The molecule has 0 aliphatic heterocycles. The number of aliphatic imine (C=N–C) groups is 1. The van der Waals surface area contributed by atoms with E-state index in [4.69, 9.17) is 5.84 Å². The Balaban J connectivity index is 2.90. The molecule has 3 N–H and O–H groups in total. The van der Waals surface area contributed by atoms with E-state index >= 15 is 0 Å². The zero-order valence-electron chi connectivity index (χ0n) is 8.16. The number of rotatable bonds is 2. The van der Waals surface area contributed by atoms with Crippen LogP contribution in [0.1, 0.15) is 24.3 Å². The normalized spacial score (nSPS) is 12.2. The molecule has 72 valence electrons. The van der Waals surface area contributed by atoms with Crippen LogP contribution in [-0.2, 0) is 0 Å². The van der Waals surface area contributed by atoms with E-state index in [9.17, 15) is 0 Å². The Morgan fingerprint density at radius 3 is 2.69 bits per heavy atom. The van der Waals surface area contributed by atoms with Gasteiger partial charge in [-0.2, -0.15) is 0 Å². The molecule has 0 atom stereocenters. The molecule has 1 aromatic heterocycles. The standard InChI is InChI=1S/C9H15N3S/c1-6(2)11-9(12-10)8-4-7(3)13-5-8/h4-6H,10H2,1-3H3,(H,11,12). The Labute approximate surface area is 82.7 Å². The Bertz CT molecular complexity index is 302. The molecule has 0 saturated heterocycles. The van der Waals surface area contributed by atoms with Gasteiger partial charge in [-0.25, -0.2) is 5.84 Å². The first-order valence-corrected chi connectivity index (χ1v) is 5.11. The lowest BCUT2D eigenvalue weighted by molar-refractivity contribution is 0.820. The van der Waals surface area contributed by atoms with Gasteiger partial charge in [-0.1, -0.05) is 0 Å². The van der Waals surface area contributed by atoms with Gasteiger partial charge in [0.25, 0.3) is 0 Å². The number of nitrogens with two attached hydrogens (primary N) is 1. The summed E-state index contributed by atoms with van der Waals surface area (Å²) < 4.78 is 0. The topological polar surface area (TPSA) is 50.4 Å². The summed E-state index contributed by atoms with van der Waals surface area (Å²) >= 11 is 1.70. The van der Waals surface area contributed by atoms with Crippen LogP contribution in [-0.4, -0.2) is 11.9 Å². The second-order valence-electron chi connectivity index (χ2n) is 3.16. The summed E-state index contributed by atoms with van der Waals surface area (Å²) in [5.74, 6) is 6.15. The predicted octanol–water partition coefficient (Wildman–Crippen LogP) is 1.67. The van der Waals surface area contributed by atoms with E-state index in [1.54, 1.807) is 11.3 Å². The highest BCUT2D eigenvalue weighted by atomic mass is 32.1. The molecule has 0 saturated carbocycles. The van der Waals surface area contributed by atoms with Crippen molar-refractivity contribution in [1.29, 1.82) is 0 Å². The zero-order valence-corrected chi connectivity index (χ0v) is 8.98. The van der Waals surface area contributed by atoms with Gasteiger partial charge in [-0.15, -0.1) is 11.3 Å². The van der Waals surface area contributed by atoms with Crippen LogP contribution in [0.4, 0.5) is 0 Å². The van der Waals surface area contributed by atoms with E-state index < -0.39 is 0 Å². The van der Waals surface area contributed by atoms with Crippen LogP contribution in [0.2, 0.25) is 0 Å². The van der Waals surface area contributed by atoms with Gasteiger partial charge in [0.1, 0.15) is 5.84 Å². The third kappa shape index (κ3) is 2.82. The average molecular weight is 197 g/mol. The van der Waals surface area contributed by atoms with Gasteiger partial charge < -0.3 is 5.43 Å². The summed E-state index contributed by atoms with van der Waals surface area (Å²) in [6.07, 6.45) is 0. The molecule has 0 spiro atoms. The number of amidine groups is 1. The molecule has 4 heteroatoms. The number of nitrogens with one attached hydrogen (secondary N) is 1. The molecule has 0 amide bonds. The van der Waals surface area contributed by atoms with Gasteiger partial charge in [0, 0.05) is 21.9 Å². The highest BCUT2D eigenvalue weighted by Crippen LogP contribution is 2.13. The maximum Gasteiger partial charge on any atom is 0.143 e.